The van der Waals surface area contributed by atoms with Gasteiger partial charge in [-0.2, -0.15) is 5.10 Å². The summed E-state index contributed by atoms with van der Waals surface area (Å²) in [6.45, 7) is 0.569. The molecule has 3 aromatic rings. The summed E-state index contributed by atoms with van der Waals surface area (Å²) < 4.78 is 39.7. The van der Waals surface area contributed by atoms with Crippen molar-refractivity contribution in [2.24, 2.45) is 0 Å². The fourth-order valence-electron chi connectivity index (χ4n) is 4.27. The predicted octanol–water partition coefficient (Wildman–Crippen LogP) is 3.09. The zero-order chi connectivity index (χ0) is 22.9. The third-order valence-corrected chi connectivity index (χ3v) is 7.65. The summed E-state index contributed by atoms with van der Waals surface area (Å²) in [6, 6.07) is 11.3. The van der Waals surface area contributed by atoms with Crippen LogP contribution in [0.1, 0.15) is 29.2 Å². The first kappa shape index (κ1) is 21.9. The van der Waals surface area contributed by atoms with Crippen molar-refractivity contribution in [2.75, 3.05) is 14.2 Å². The molecule has 32 heavy (non-hydrogen) atoms. The number of sulfone groups is 1. The molecule has 168 valence electrons. The Morgan fingerprint density at radius 1 is 1.16 bits per heavy atom. The molecule has 0 fully saturated rings. The van der Waals surface area contributed by atoms with E-state index in [9.17, 15) is 18.3 Å². The summed E-state index contributed by atoms with van der Waals surface area (Å²) in [5.41, 5.74) is 2.08. The van der Waals surface area contributed by atoms with Gasteiger partial charge in [0.2, 0.25) is 9.84 Å². The van der Waals surface area contributed by atoms with Crippen molar-refractivity contribution in [3.05, 3.63) is 65.5 Å². The number of carbonyl (C=O) groups is 1. The Morgan fingerprint density at radius 2 is 1.91 bits per heavy atom. The highest BCUT2D eigenvalue weighted by Gasteiger charge is 2.32. The number of rotatable bonds is 7. The lowest BCUT2D eigenvalue weighted by Gasteiger charge is -2.27. The number of carboxylic acid groups (broad SMARTS) is 1. The maximum absolute atomic E-state index is 13.6. The fraction of sp³-hybridized carbons (Fsp3) is 0.304. The number of fused-ring (bicyclic) bond motifs is 1. The van der Waals surface area contributed by atoms with Crippen LogP contribution in [0.5, 0.6) is 11.5 Å². The van der Waals surface area contributed by atoms with Crippen molar-refractivity contribution in [3.8, 4) is 11.5 Å². The molecule has 1 atom stereocenters. The van der Waals surface area contributed by atoms with Crippen molar-refractivity contribution in [2.45, 2.75) is 41.5 Å². The van der Waals surface area contributed by atoms with Crippen molar-refractivity contribution in [1.82, 2.24) is 9.78 Å². The largest absolute Gasteiger partial charge is 0.497 e. The first-order chi connectivity index (χ1) is 15.3. The lowest BCUT2D eigenvalue weighted by Crippen LogP contribution is -2.22. The molecule has 2 aromatic carbocycles. The van der Waals surface area contributed by atoms with Gasteiger partial charge in [0.05, 0.1) is 36.6 Å². The third-order valence-electron chi connectivity index (χ3n) is 5.82. The van der Waals surface area contributed by atoms with Crippen LogP contribution in [-0.2, 0) is 34.0 Å². The molecule has 0 radical (unpaired) electrons. The fourth-order valence-corrected chi connectivity index (χ4v) is 5.83. The quantitative estimate of drug-likeness (QED) is 0.582. The number of hydrogen-bond acceptors (Lipinski definition) is 6. The van der Waals surface area contributed by atoms with Gasteiger partial charge in [0.15, 0.2) is 0 Å². The van der Waals surface area contributed by atoms with Gasteiger partial charge in [-0.25, -0.2) is 8.42 Å². The third kappa shape index (κ3) is 3.95. The minimum atomic E-state index is -3.82. The Balaban J connectivity index is 1.78. The van der Waals surface area contributed by atoms with E-state index in [1.165, 1.54) is 26.4 Å². The molecule has 1 aromatic heterocycles. The Bertz CT molecular complexity index is 1250. The summed E-state index contributed by atoms with van der Waals surface area (Å²) >= 11 is 0. The van der Waals surface area contributed by atoms with E-state index in [0.29, 0.717) is 42.0 Å². The molecule has 0 aliphatic carbocycles. The second-order valence-electron chi connectivity index (χ2n) is 7.65. The molecule has 1 aliphatic rings. The van der Waals surface area contributed by atoms with Crippen LogP contribution in [-0.4, -0.2) is 43.5 Å². The van der Waals surface area contributed by atoms with Crippen LogP contribution < -0.4 is 9.47 Å². The molecule has 8 nitrogen and oxygen atoms in total. The molecule has 1 N–H and O–H groups in total. The molecule has 0 saturated heterocycles. The van der Waals surface area contributed by atoms with Gasteiger partial charge >= 0.3 is 5.97 Å². The van der Waals surface area contributed by atoms with E-state index in [1.54, 1.807) is 36.5 Å². The van der Waals surface area contributed by atoms with E-state index in [1.807, 2.05) is 4.68 Å². The number of benzene rings is 2. The van der Waals surface area contributed by atoms with E-state index in [0.717, 1.165) is 5.69 Å². The van der Waals surface area contributed by atoms with E-state index in [-0.39, 0.29) is 22.1 Å². The van der Waals surface area contributed by atoms with E-state index < -0.39 is 15.8 Å². The highest BCUT2D eigenvalue weighted by molar-refractivity contribution is 7.91. The molecule has 9 heteroatoms. The smallest absolute Gasteiger partial charge is 0.307 e. The Labute approximate surface area is 186 Å². The number of methoxy groups -OCH3 is 2. The summed E-state index contributed by atoms with van der Waals surface area (Å²) in [4.78, 5) is 11.6. The topological polar surface area (TPSA) is 108 Å². The minimum absolute atomic E-state index is 0.120. The molecular formula is C23H24N2O6S. The molecule has 4 rings (SSSR count). The van der Waals surface area contributed by atoms with Gasteiger partial charge < -0.3 is 14.6 Å². The Morgan fingerprint density at radius 3 is 2.56 bits per heavy atom. The van der Waals surface area contributed by atoms with Gasteiger partial charge in [-0.1, -0.05) is 6.07 Å². The molecule has 0 amide bonds. The molecule has 0 saturated carbocycles. The summed E-state index contributed by atoms with van der Waals surface area (Å²) in [6.07, 6.45) is 2.61. The lowest BCUT2D eigenvalue weighted by molar-refractivity contribution is -0.136. The van der Waals surface area contributed by atoms with Crippen LogP contribution >= 0.6 is 0 Å². The molecule has 0 bridgehead atoms. The van der Waals surface area contributed by atoms with E-state index >= 15 is 0 Å². The first-order valence-electron chi connectivity index (χ1n) is 10.2. The van der Waals surface area contributed by atoms with Gasteiger partial charge in [0, 0.05) is 23.4 Å². The number of hydrogen-bond donors (Lipinski definition) is 1. The van der Waals surface area contributed by atoms with Crippen molar-refractivity contribution in [1.29, 1.82) is 0 Å². The molecule has 1 aliphatic heterocycles. The van der Waals surface area contributed by atoms with Crippen LogP contribution in [0.3, 0.4) is 0 Å². The summed E-state index contributed by atoms with van der Waals surface area (Å²) in [5.74, 6) is -0.0208. The number of nitrogens with zero attached hydrogens (tertiary/aromatic N) is 2. The van der Waals surface area contributed by atoms with E-state index in [2.05, 4.69) is 5.10 Å². The Kier molecular flexibility index (Phi) is 5.92. The zero-order valence-corrected chi connectivity index (χ0v) is 18.6. The van der Waals surface area contributed by atoms with Crippen LogP contribution in [0.2, 0.25) is 0 Å². The monoisotopic (exact) mass is 456 g/mol. The number of ether oxygens (including phenoxy) is 2. The number of carboxylic acids is 1. The maximum atomic E-state index is 13.6. The van der Waals surface area contributed by atoms with E-state index in [4.69, 9.17) is 9.47 Å². The second kappa shape index (κ2) is 8.66. The highest BCUT2D eigenvalue weighted by atomic mass is 32.2. The molecule has 2 heterocycles. The predicted molar refractivity (Wildman–Crippen MR) is 116 cm³/mol. The van der Waals surface area contributed by atoms with Crippen LogP contribution in [0.15, 0.2) is 58.5 Å². The Hall–Kier alpha value is -3.33. The van der Waals surface area contributed by atoms with Gasteiger partial charge in [-0.15, -0.1) is 0 Å². The average Bonchev–Trinajstić information content (AvgIpc) is 3.19. The van der Waals surface area contributed by atoms with Crippen molar-refractivity contribution >= 4 is 15.8 Å². The minimum Gasteiger partial charge on any atom is -0.497 e. The standard InChI is InChI=1S/C23H24N2O6S/c1-30-17-6-8-18(9-7-17)32(28,29)21-5-3-4-20(31-2)23(21)15-10-11-25-19(12-15)16(14-24-25)13-22(26)27/h3-9,14-15H,10-13H2,1-2H3,(H,26,27). The van der Waals surface area contributed by atoms with Crippen LogP contribution in [0.25, 0.3) is 0 Å². The second-order valence-corrected chi connectivity index (χ2v) is 9.57. The molecule has 1 unspecified atom stereocenters. The SMILES string of the molecule is COc1ccc(S(=O)(=O)c2cccc(OC)c2C2CCn3ncc(CC(=O)O)c3C2)cc1. The average molecular weight is 457 g/mol. The first-order valence-corrected chi connectivity index (χ1v) is 11.6. The normalized spacial score (nSPS) is 15.8. The van der Waals surface area contributed by atoms with Gasteiger partial charge in [-0.05, 0) is 55.2 Å². The zero-order valence-electron chi connectivity index (χ0n) is 17.8. The molecule has 0 spiro atoms. The van der Waals surface area contributed by atoms with Gasteiger partial charge in [-0.3, -0.25) is 9.48 Å². The maximum Gasteiger partial charge on any atom is 0.307 e. The highest BCUT2D eigenvalue weighted by Crippen LogP contribution is 2.41. The number of aromatic nitrogens is 2. The van der Waals surface area contributed by atoms with Gasteiger partial charge in [0.1, 0.15) is 11.5 Å². The summed E-state index contributed by atoms with van der Waals surface area (Å²) in [7, 11) is -0.778. The van der Waals surface area contributed by atoms with Crippen molar-refractivity contribution < 1.29 is 27.8 Å². The number of aryl methyl sites for hydroxylation is 1. The lowest BCUT2D eigenvalue weighted by atomic mass is 9.87. The number of aliphatic carboxylic acids is 1. The van der Waals surface area contributed by atoms with Gasteiger partial charge in [0.25, 0.3) is 0 Å². The van der Waals surface area contributed by atoms with Crippen molar-refractivity contribution in [3.63, 3.8) is 0 Å². The van der Waals surface area contributed by atoms with Crippen LogP contribution in [0.4, 0.5) is 0 Å². The van der Waals surface area contributed by atoms with Crippen LogP contribution in [0, 0.1) is 0 Å². The summed E-state index contributed by atoms with van der Waals surface area (Å²) in [5, 5.41) is 13.5. The molecular weight excluding hydrogens is 432 g/mol.